The number of hydrogen-bond acceptors (Lipinski definition) is 15. The number of para-hydroxylation sites is 1. The van der Waals surface area contributed by atoms with Gasteiger partial charge in [0.1, 0.15) is 27.9 Å². The highest BCUT2D eigenvalue weighted by Gasteiger charge is 2.28. The van der Waals surface area contributed by atoms with Gasteiger partial charge in [0.25, 0.3) is 0 Å². The minimum absolute atomic E-state index is 0.572. The first-order chi connectivity index (χ1) is 72.8. The minimum Gasteiger partial charge on any atom is -0.455 e. The summed E-state index contributed by atoms with van der Waals surface area (Å²) in [5.74, 6) is 5.41. The molecule has 15 heteroatoms. The van der Waals surface area contributed by atoms with Crippen LogP contribution in [0.25, 0.3) is 299 Å². The first-order valence-electron chi connectivity index (χ1n) is 48.9. The van der Waals surface area contributed by atoms with Crippen LogP contribution in [0.2, 0.25) is 0 Å². The van der Waals surface area contributed by atoms with Gasteiger partial charge in [-0.3, -0.25) is 9.97 Å². The average molecular weight is 1880 g/mol. The van der Waals surface area contributed by atoms with Crippen LogP contribution in [0.1, 0.15) is 0 Å². The lowest BCUT2D eigenvalue weighted by atomic mass is 9.97. The molecule has 15 nitrogen and oxygen atoms in total. The summed E-state index contributed by atoms with van der Waals surface area (Å²) < 4.78 is 20.1. The Hall–Kier alpha value is -20.2. The van der Waals surface area contributed by atoms with Gasteiger partial charge in [0.2, 0.25) is 5.71 Å². The Balaban J connectivity index is 0.000000107. The molecule has 30 rings (SSSR count). The van der Waals surface area contributed by atoms with Crippen molar-refractivity contribution in [3.05, 3.63) is 474 Å². The van der Waals surface area contributed by atoms with E-state index in [0.29, 0.717) is 58.1 Å². The Labute approximate surface area is 839 Å². The van der Waals surface area contributed by atoms with Crippen LogP contribution in [-0.4, -0.2) is 59.8 Å². The van der Waals surface area contributed by atoms with E-state index in [-0.39, 0.29) is 0 Å². The third-order valence-electron chi connectivity index (χ3n) is 28.0. The molecule has 147 heavy (non-hydrogen) atoms. The number of aromatic nitrogens is 12. The first-order valence-corrected chi connectivity index (χ1v) is 48.9. The van der Waals surface area contributed by atoms with Crippen molar-refractivity contribution in [2.75, 3.05) is 0 Å². The lowest BCUT2D eigenvalue weighted by Crippen LogP contribution is -2.00. The molecule has 0 atom stereocenters. The Morgan fingerprint density at radius 3 is 0.884 bits per heavy atom. The molecule has 0 bridgehead atoms. The van der Waals surface area contributed by atoms with Crippen molar-refractivity contribution in [3.8, 4) is 136 Å². The van der Waals surface area contributed by atoms with Crippen LogP contribution in [-0.2, 0) is 0 Å². The summed E-state index contributed by atoms with van der Waals surface area (Å²) in [7, 11) is 0. The zero-order chi connectivity index (χ0) is 96.9. The smallest absolute Gasteiger partial charge is 0.227 e. The fourth-order valence-electron chi connectivity index (χ4n) is 20.9. The van der Waals surface area contributed by atoms with Crippen molar-refractivity contribution in [1.29, 1.82) is 0 Å². The normalized spacial score (nSPS) is 11.7. The summed E-state index contributed by atoms with van der Waals surface area (Å²) in [6, 6.07) is 157. The molecule has 0 spiro atoms. The number of furan rings is 3. The molecule has 21 aromatic carbocycles. The van der Waals surface area contributed by atoms with Crippen molar-refractivity contribution in [2.24, 2.45) is 0 Å². The molecular formula is C132H78N12O3. The van der Waals surface area contributed by atoms with Crippen molar-refractivity contribution in [3.63, 3.8) is 0 Å². The summed E-state index contributed by atoms with van der Waals surface area (Å²) >= 11 is 0. The zero-order valence-electron chi connectivity index (χ0n) is 78.6. The number of pyridine rings is 3. The zero-order valence-corrected chi connectivity index (χ0v) is 78.6. The van der Waals surface area contributed by atoms with Gasteiger partial charge in [-0.25, -0.2) is 49.8 Å². The molecule has 30 aromatic rings. The summed E-state index contributed by atoms with van der Waals surface area (Å²) in [4.78, 5) is 60.1. The predicted molar refractivity (Wildman–Crippen MR) is 597 cm³/mol. The second-order valence-electron chi connectivity index (χ2n) is 36.8. The van der Waals surface area contributed by atoms with E-state index in [9.17, 15) is 0 Å². The Morgan fingerprint density at radius 1 is 0.156 bits per heavy atom. The van der Waals surface area contributed by atoms with E-state index < -0.39 is 0 Å². The van der Waals surface area contributed by atoms with Crippen LogP contribution >= 0.6 is 0 Å². The highest BCUT2D eigenvalue weighted by Crippen LogP contribution is 2.49. The molecular weight excluding hydrogens is 1800 g/mol. The molecule has 9 aromatic heterocycles. The van der Waals surface area contributed by atoms with Crippen molar-refractivity contribution < 1.29 is 13.3 Å². The molecule has 0 N–H and O–H groups in total. The van der Waals surface area contributed by atoms with Gasteiger partial charge in [0.05, 0.1) is 11.0 Å². The van der Waals surface area contributed by atoms with Gasteiger partial charge in [0, 0.05) is 140 Å². The number of rotatable bonds is 12. The van der Waals surface area contributed by atoms with Crippen LogP contribution in [0.4, 0.5) is 0 Å². The second kappa shape index (κ2) is 35.6. The van der Waals surface area contributed by atoms with E-state index in [2.05, 4.69) is 295 Å². The van der Waals surface area contributed by atoms with E-state index in [4.69, 9.17) is 63.1 Å². The topological polar surface area (TPSA) is 194 Å². The van der Waals surface area contributed by atoms with E-state index in [0.717, 1.165) is 192 Å². The van der Waals surface area contributed by atoms with Gasteiger partial charge in [-0.15, -0.1) is 0 Å². The Bertz CT molecular complexity index is 9590. The molecule has 0 unspecified atom stereocenters. The van der Waals surface area contributed by atoms with Gasteiger partial charge in [-0.05, 0) is 184 Å². The predicted octanol–water partition coefficient (Wildman–Crippen LogP) is 33.9. The maximum absolute atomic E-state index is 6.73. The summed E-state index contributed by atoms with van der Waals surface area (Å²) in [6.45, 7) is 0. The van der Waals surface area contributed by atoms with Crippen LogP contribution in [0.15, 0.2) is 487 Å². The van der Waals surface area contributed by atoms with E-state index in [1.54, 1.807) is 0 Å². The van der Waals surface area contributed by atoms with Crippen LogP contribution in [0, 0.1) is 0 Å². The lowest BCUT2D eigenvalue weighted by Gasteiger charge is -2.11. The van der Waals surface area contributed by atoms with E-state index >= 15 is 0 Å². The molecule has 0 aliphatic heterocycles. The fraction of sp³-hybridized carbons (Fsp3) is 0. The van der Waals surface area contributed by atoms with Crippen molar-refractivity contribution in [1.82, 2.24) is 59.8 Å². The number of fused-ring (bicyclic) bond motifs is 21. The largest absolute Gasteiger partial charge is 0.455 e. The molecule has 0 radical (unpaired) electrons. The Kier molecular flexibility index (Phi) is 20.5. The monoisotopic (exact) mass is 1880 g/mol. The molecule has 0 aliphatic rings. The molecule has 684 valence electrons. The van der Waals surface area contributed by atoms with Crippen molar-refractivity contribution >= 4 is 163 Å². The summed E-state index contributed by atoms with van der Waals surface area (Å²) in [5, 5.41) is 24.1. The van der Waals surface area contributed by atoms with E-state index in [1.807, 2.05) is 188 Å². The average Bonchev–Trinajstić information content (AvgIpc) is 1.61. The van der Waals surface area contributed by atoms with Crippen LogP contribution < -0.4 is 0 Å². The van der Waals surface area contributed by atoms with Crippen LogP contribution in [0.3, 0.4) is 0 Å². The molecule has 0 fully saturated rings. The number of nitrogens with zero attached hydrogens (tertiary/aromatic N) is 12. The van der Waals surface area contributed by atoms with Crippen LogP contribution in [0.5, 0.6) is 0 Å². The SMILES string of the molecule is c1ccc(-c2nc(-c3ccc4ccc5ccccc5c4c3)nc(-c3ccc(-c4ccccc4)c4oc5cc6cnccc6cc5c34)n2)cc1.c1ccc(-c2nc(-c3ccc4ccc5ccccc5c4c3)nc(-c3ccc(-c4ccccc4)c4oc5cc6ncccc6cc5c34)n2)cc1.c1ccc(-c2nc(-c3ccc4ccc5ccccc5c4c3)nc(-c3ccc(-c4ccccc4)c4oc5nc6ccccc6cc5c34)n2)cc1. The number of hydrogen-bond donors (Lipinski definition) is 0. The minimum atomic E-state index is 0.572. The summed E-state index contributed by atoms with van der Waals surface area (Å²) in [5.41, 5.74) is 20.6. The fourth-order valence-corrected chi connectivity index (χ4v) is 20.9. The standard InChI is InChI=1S/3C44H26N4O/c1-3-11-27(12-4-1)34-23-24-35(39-37-25-31-16-8-10-18-38(31)45-44(37)49-40(34)39)43-47-41(30-14-5-2-6-15-30)46-42(48-43)32-22-21-29-20-19-28-13-7-9-17-33(28)36(29)26-32;1-3-10-27(11-4-1)34-21-22-35(40-37-24-31-15-9-23-45-38(31)26-39(37)49-41(34)40)44-47-42(30-13-5-2-6-14-30)46-43(48-44)32-20-19-29-18-17-28-12-7-8-16-33(28)36(29)25-32;1-3-9-27(10-4-1)35-19-20-36(40-38-23-31-21-22-45-26-33(31)25-39(38)49-41(35)40)44-47-42(30-12-5-2-6-13-30)46-43(48-44)32-18-17-29-16-15-28-11-7-8-14-34(28)37(29)24-32/h3*1-26H. The molecule has 9 heterocycles. The maximum Gasteiger partial charge on any atom is 0.227 e. The maximum atomic E-state index is 6.73. The van der Waals surface area contributed by atoms with Gasteiger partial charge < -0.3 is 13.3 Å². The van der Waals surface area contributed by atoms with Gasteiger partial charge in [-0.2, -0.15) is 0 Å². The van der Waals surface area contributed by atoms with Gasteiger partial charge in [0.15, 0.2) is 52.4 Å². The molecule has 0 saturated heterocycles. The van der Waals surface area contributed by atoms with Crippen molar-refractivity contribution in [2.45, 2.75) is 0 Å². The number of benzene rings is 21. The molecule has 0 saturated carbocycles. The van der Waals surface area contributed by atoms with Gasteiger partial charge in [-0.1, -0.05) is 352 Å². The lowest BCUT2D eigenvalue weighted by molar-refractivity contribution is 0.657. The van der Waals surface area contributed by atoms with Gasteiger partial charge >= 0.3 is 0 Å². The first kappa shape index (κ1) is 84.9. The third kappa shape index (κ3) is 15.3. The molecule has 0 aliphatic carbocycles. The quantitative estimate of drug-likeness (QED) is 0.105. The molecule has 0 amide bonds. The highest BCUT2D eigenvalue weighted by atomic mass is 16.3. The second-order valence-corrected chi connectivity index (χ2v) is 36.8. The Morgan fingerprint density at radius 2 is 0.463 bits per heavy atom. The summed E-state index contributed by atoms with van der Waals surface area (Å²) in [6.07, 6.45) is 5.51. The third-order valence-corrected chi connectivity index (χ3v) is 28.0. The highest BCUT2D eigenvalue weighted by molar-refractivity contribution is 6.22. The van der Waals surface area contributed by atoms with E-state index in [1.165, 1.54) is 48.5 Å².